The van der Waals surface area contributed by atoms with E-state index in [2.05, 4.69) is 37.9 Å². The zero-order chi connectivity index (χ0) is 15.2. The van der Waals surface area contributed by atoms with Gasteiger partial charge < -0.3 is 15.0 Å². The van der Waals surface area contributed by atoms with Gasteiger partial charge in [-0.1, -0.05) is 13.8 Å². The maximum Gasteiger partial charge on any atom is 0.225 e. The SMILES string of the molecule is CCNCC(C)Cc1c(C)nc(N2CCOCC2)nc1C. The van der Waals surface area contributed by atoms with Crippen LogP contribution in [0.5, 0.6) is 0 Å². The Bertz CT molecular complexity index is 435. The van der Waals surface area contributed by atoms with E-state index in [4.69, 9.17) is 14.7 Å². The van der Waals surface area contributed by atoms with Crippen LogP contribution in [0.2, 0.25) is 0 Å². The smallest absolute Gasteiger partial charge is 0.225 e. The Morgan fingerprint density at radius 3 is 2.38 bits per heavy atom. The Kier molecular flexibility index (Phi) is 5.94. The number of anilines is 1. The molecule has 0 saturated carbocycles. The monoisotopic (exact) mass is 292 g/mol. The normalized spacial score (nSPS) is 17.0. The van der Waals surface area contributed by atoms with Gasteiger partial charge in [0.15, 0.2) is 0 Å². The quantitative estimate of drug-likeness (QED) is 0.865. The van der Waals surface area contributed by atoms with Gasteiger partial charge in [0, 0.05) is 24.5 Å². The zero-order valence-electron chi connectivity index (χ0n) is 13.8. The van der Waals surface area contributed by atoms with Crippen LogP contribution in [0.15, 0.2) is 0 Å². The van der Waals surface area contributed by atoms with E-state index in [1.807, 2.05) is 0 Å². The van der Waals surface area contributed by atoms with Gasteiger partial charge in [0.25, 0.3) is 0 Å². The summed E-state index contributed by atoms with van der Waals surface area (Å²) in [5.41, 5.74) is 3.54. The van der Waals surface area contributed by atoms with E-state index in [0.29, 0.717) is 5.92 Å². The summed E-state index contributed by atoms with van der Waals surface area (Å²) in [6, 6.07) is 0. The highest BCUT2D eigenvalue weighted by Gasteiger charge is 2.17. The van der Waals surface area contributed by atoms with Gasteiger partial charge in [-0.3, -0.25) is 0 Å². The lowest BCUT2D eigenvalue weighted by Gasteiger charge is -2.27. The summed E-state index contributed by atoms with van der Waals surface area (Å²) >= 11 is 0. The molecular formula is C16H28N4O. The van der Waals surface area contributed by atoms with Crippen LogP contribution in [0.1, 0.15) is 30.8 Å². The molecule has 1 aliphatic rings. The molecular weight excluding hydrogens is 264 g/mol. The molecule has 1 saturated heterocycles. The van der Waals surface area contributed by atoms with Crippen molar-refractivity contribution in [2.75, 3.05) is 44.3 Å². The molecule has 1 aromatic heterocycles. The highest BCUT2D eigenvalue weighted by molar-refractivity contribution is 5.37. The second-order valence-electron chi connectivity index (χ2n) is 5.89. The van der Waals surface area contributed by atoms with Crippen LogP contribution in [0.25, 0.3) is 0 Å². The lowest BCUT2D eigenvalue weighted by Crippen LogP contribution is -2.37. The van der Waals surface area contributed by atoms with Gasteiger partial charge in [0.2, 0.25) is 5.95 Å². The maximum atomic E-state index is 5.39. The highest BCUT2D eigenvalue weighted by Crippen LogP contribution is 2.19. The highest BCUT2D eigenvalue weighted by atomic mass is 16.5. The van der Waals surface area contributed by atoms with Gasteiger partial charge in [-0.2, -0.15) is 0 Å². The van der Waals surface area contributed by atoms with Gasteiger partial charge in [-0.05, 0) is 44.8 Å². The first-order chi connectivity index (χ1) is 10.1. The lowest BCUT2D eigenvalue weighted by atomic mass is 9.99. The van der Waals surface area contributed by atoms with Crippen molar-refractivity contribution in [1.82, 2.24) is 15.3 Å². The molecule has 0 spiro atoms. The Morgan fingerprint density at radius 1 is 1.19 bits per heavy atom. The number of rotatable bonds is 6. The Hall–Kier alpha value is -1.20. The van der Waals surface area contributed by atoms with E-state index in [-0.39, 0.29) is 0 Å². The minimum Gasteiger partial charge on any atom is -0.378 e. The van der Waals surface area contributed by atoms with Crippen LogP contribution >= 0.6 is 0 Å². The first-order valence-corrected chi connectivity index (χ1v) is 7.99. The number of nitrogens with one attached hydrogen (secondary N) is 1. The third-order valence-corrected chi connectivity index (χ3v) is 4.00. The average molecular weight is 292 g/mol. The average Bonchev–Trinajstić information content (AvgIpc) is 2.49. The van der Waals surface area contributed by atoms with Crippen LogP contribution in [-0.4, -0.2) is 49.4 Å². The number of aryl methyl sites for hydroxylation is 2. The molecule has 1 aromatic rings. The molecule has 2 heterocycles. The predicted molar refractivity (Wildman–Crippen MR) is 85.9 cm³/mol. The number of aromatic nitrogens is 2. The van der Waals surface area contributed by atoms with E-state index in [0.717, 1.165) is 63.1 Å². The molecule has 21 heavy (non-hydrogen) atoms. The van der Waals surface area contributed by atoms with E-state index < -0.39 is 0 Å². The molecule has 1 unspecified atom stereocenters. The number of morpholine rings is 1. The van der Waals surface area contributed by atoms with E-state index in [1.54, 1.807) is 0 Å². The molecule has 5 heteroatoms. The first kappa shape index (κ1) is 16.2. The fraction of sp³-hybridized carbons (Fsp3) is 0.750. The van der Waals surface area contributed by atoms with Crippen LogP contribution in [0, 0.1) is 19.8 Å². The van der Waals surface area contributed by atoms with Crippen molar-refractivity contribution >= 4 is 5.95 Å². The molecule has 2 rings (SSSR count). The summed E-state index contributed by atoms with van der Waals surface area (Å²) in [6.45, 7) is 14.0. The number of hydrogen-bond acceptors (Lipinski definition) is 5. The van der Waals surface area contributed by atoms with Crippen molar-refractivity contribution < 1.29 is 4.74 Å². The van der Waals surface area contributed by atoms with Crippen molar-refractivity contribution in [1.29, 1.82) is 0 Å². The van der Waals surface area contributed by atoms with Crippen molar-refractivity contribution in [3.05, 3.63) is 17.0 Å². The second-order valence-corrected chi connectivity index (χ2v) is 5.89. The minimum atomic E-state index is 0.597. The number of hydrogen-bond donors (Lipinski definition) is 1. The molecule has 1 aliphatic heterocycles. The molecule has 1 atom stereocenters. The topological polar surface area (TPSA) is 50.3 Å². The van der Waals surface area contributed by atoms with Crippen LogP contribution < -0.4 is 10.2 Å². The van der Waals surface area contributed by atoms with E-state index in [1.165, 1.54) is 5.56 Å². The van der Waals surface area contributed by atoms with Gasteiger partial charge >= 0.3 is 0 Å². The van der Waals surface area contributed by atoms with Crippen LogP contribution in [-0.2, 0) is 11.2 Å². The van der Waals surface area contributed by atoms with Crippen LogP contribution in [0.3, 0.4) is 0 Å². The van der Waals surface area contributed by atoms with Gasteiger partial charge in [-0.25, -0.2) is 9.97 Å². The van der Waals surface area contributed by atoms with Crippen LogP contribution in [0.4, 0.5) is 5.95 Å². The number of nitrogens with zero attached hydrogens (tertiary/aromatic N) is 3. The molecule has 0 aliphatic carbocycles. The third kappa shape index (κ3) is 4.38. The fourth-order valence-electron chi connectivity index (χ4n) is 2.73. The minimum absolute atomic E-state index is 0.597. The van der Waals surface area contributed by atoms with Crippen molar-refractivity contribution in [2.24, 2.45) is 5.92 Å². The van der Waals surface area contributed by atoms with E-state index >= 15 is 0 Å². The molecule has 0 amide bonds. The summed E-state index contributed by atoms with van der Waals surface area (Å²) in [4.78, 5) is 11.7. The van der Waals surface area contributed by atoms with E-state index in [9.17, 15) is 0 Å². The molecule has 0 aromatic carbocycles. The molecule has 1 N–H and O–H groups in total. The Balaban J connectivity index is 2.09. The third-order valence-electron chi connectivity index (χ3n) is 4.00. The fourth-order valence-corrected chi connectivity index (χ4v) is 2.73. The largest absolute Gasteiger partial charge is 0.378 e. The van der Waals surface area contributed by atoms with Crippen molar-refractivity contribution in [2.45, 2.75) is 34.1 Å². The molecule has 118 valence electrons. The molecule has 0 bridgehead atoms. The van der Waals surface area contributed by atoms with Crippen molar-refractivity contribution in [3.8, 4) is 0 Å². The van der Waals surface area contributed by atoms with Gasteiger partial charge in [0.05, 0.1) is 13.2 Å². The summed E-state index contributed by atoms with van der Waals surface area (Å²) in [5.74, 6) is 1.46. The van der Waals surface area contributed by atoms with Crippen molar-refractivity contribution in [3.63, 3.8) is 0 Å². The molecule has 0 radical (unpaired) electrons. The van der Waals surface area contributed by atoms with Gasteiger partial charge in [0.1, 0.15) is 0 Å². The summed E-state index contributed by atoms with van der Waals surface area (Å²) in [5, 5.41) is 3.41. The molecule has 5 nitrogen and oxygen atoms in total. The van der Waals surface area contributed by atoms with Gasteiger partial charge in [-0.15, -0.1) is 0 Å². The molecule has 1 fully saturated rings. The number of ether oxygens (including phenoxy) is 1. The summed E-state index contributed by atoms with van der Waals surface area (Å²) < 4.78 is 5.39. The standard InChI is InChI=1S/C16H28N4O/c1-5-17-11-12(2)10-15-13(3)18-16(19-14(15)4)20-6-8-21-9-7-20/h12,17H,5-11H2,1-4H3. The second kappa shape index (κ2) is 7.71. The first-order valence-electron chi connectivity index (χ1n) is 7.99. The maximum absolute atomic E-state index is 5.39. The zero-order valence-corrected chi connectivity index (χ0v) is 13.8. The lowest BCUT2D eigenvalue weighted by molar-refractivity contribution is 0.122. The summed E-state index contributed by atoms with van der Waals surface area (Å²) in [6.07, 6.45) is 1.04. The predicted octanol–water partition coefficient (Wildman–Crippen LogP) is 1.72. The Labute approximate surface area is 128 Å². The summed E-state index contributed by atoms with van der Waals surface area (Å²) in [7, 11) is 0. The Morgan fingerprint density at radius 2 is 1.81 bits per heavy atom.